The SMILES string of the molecule is CCCOc1c(C)ccc(N)c1OCCC. The Labute approximate surface area is 97.6 Å². The predicted molar refractivity (Wildman–Crippen MR) is 67.2 cm³/mol. The van der Waals surface area contributed by atoms with E-state index in [1.807, 2.05) is 19.1 Å². The fourth-order valence-corrected chi connectivity index (χ4v) is 1.41. The van der Waals surface area contributed by atoms with Crippen molar-refractivity contribution in [2.45, 2.75) is 33.6 Å². The molecule has 0 saturated heterocycles. The Balaban J connectivity index is 2.94. The third-order valence-electron chi connectivity index (χ3n) is 2.24. The van der Waals surface area contributed by atoms with Crippen molar-refractivity contribution in [3.8, 4) is 11.5 Å². The summed E-state index contributed by atoms with van der Waals surface area (Å²) < 4.78 is 11.3. The summed E-state index contributed by atoms with van der Waals surface area (Å²) >= 11 is 0. The largest absolute Gasteiger partial charge is 0.489 e. The van der Waals surface area contributed by atoms with Crippen molar-refractivity contribution in [3.63, 3.8) is 0 Å². The fraction of sp³-hybridized carbons (Fsp3) is 0.538. The predicted octanol–water partition coefficient (Wildman–Crippen LogP) is 3.15. The molecule has 0 fully saturated rings. The molecule has 0 amide bonds. The molecule has 3 nitrogen and oxygen atoms in total. The molecule has 0 aromatic heterocycles. The maximum atomic E-state index is 5.90. The molecule has 0 aliphatic heterocycles. The van der Waals surface area contributed by atoms with Crippen molar-refractivity contribution in [2.24, 2.45) is 0 Å². The Bertz CT molecular complexity index is 304. The minimum absolute atomic E-state index is 0.644. The van der Waals surface area contributed by atoms with Gasteiger partial charge in [-0.3, -0.25) is 0 Å². The van der Waals surface area contributed by atoms with Crippen molar-refractivity contribution in [2.75, 3.05) is 18.9 Å². The molecule has 0 aliphatic rings. The average Bonchev–Trinajstić information content (AvgIpc) is 2.29. The quantitative estimate of drug-likeness (QED) is 0.753. The molecule has 0 atom stereocenters. The van der Waals surface area contributed by atoms with Gasteiger partial charge in [-0.2, -0.15) is 0 Å². The number of nitrogens with two attached hydrogens (primary N) is 1. The molecule has 1 rings (SSSR count). The molecule has 90 valence electrons. The first-order chi connectivity index (χ1) is 7.70. The summed E-state index contributed by atoms with van der Waals surface area (Å²) in [7, 11) is 0. The first-order valence-electron chi connectivity index (χ1n) is 5.85. The van der Waals surface area contributed by atoms with Crippen molar-refractivity contribution < 1.29 is 9.47 Å². The minimum atomic E-state index is 0.644. The van der Waals surface area contributed by atoms with E-state index in [-0.39, 0.29) is 0 Å². The topological polar surface area (TPSA) is 44.5 Å². The van der Waals surface area contributed by atoms with E-state index in [9.17, 15) is 0 Å². The molecule has 0 heterocycles. The summed E-state index contributed by atoms with van der Waals surface area (Å²) in [5.74, 6) is 1.48. The van der Waals surface area contributed by atoms with Crippen LogP contribution in [0, 0.1) is 6.92 Å². The number of anilines is 1. The highest BCUT2D eigenvalue weighted by atomic mass is 16.5. The van der Waals surface area contributed by atoms with Gasteiger partial charge >= 0.3 is 0 Å². The second-order valence-electron chi connectivity index (χ2n) is 3.83. The Morgan fingerprint density at radius 1 is 1.00 bits per heavy atom. The summed E-state index contributed by atoms with van der Waals surface area (Å²) in [5, 5.41) is 0. The van der Waals surface area contributed by atoms with E-state index in [1.165, 1.54) is 0 Å². The van der Waals surface area contributed by atoms with Crippen LogP contribution in [0.15, 0.2) is 12.1 Å². The first kappa shape index (κ1) is 12.7. The standard InChI is InChI=1S/C13H21NO2/c1-4-8-15-12-10(3)6-7-11(14)13(12)16-9-5-2/h6-7H,4-5,8-9,14H2,1-3H3. The van der Waals surface area contributed by atoms with Crippen molar-refractivity contribution in [3.05, 3.63) is 17.7 Å². The van der Waals surface area contributed by atoms with Gasteiger partial charge in [-0.1, -0.05) is 19.9 Å². The summed E-state index contributed by atoms with van der Waals surface area (Å²) in [4.78, 5) is 0. The maximum Gasteiger partial charge on any atom is 0.184 e. The second-order valence-corrected chi connectivity index (χ2v) is 3.83. The zero-order chi connectivity index (χ0) is 12.0. The number of benzene rings is 1. The van der Waals surface area contributed by atoms with Gasteiger partial charge in [0.1, 0.15) is 0 Å². The van der Waals surface area contributed by atoms with Gasteiger partial charge in [-0.15, -0.1) is 0 Å². The highest BCUT2D eigenvalue weighted by Gasteiger charge is 2.12. The molecule has 0 radical (unpaired) electrons. The lowest BCUT2D eigenvalue weighted by Gasteiger charge is -2.16. The van der Waals surface area contributed by atoms with Gasteiger partial charge in [0.05, 0.1) is 18.9 Å². The van der Waals surface area contributed by atoms with Gasteiger partial charge in [0.15, 0.2) is 11.5 Å². The molecule has 0 aliphatic carbocycles. The normalized spacial score (nSPS) is 10.2. The highest BCUT2D eigenvalue weighted by Crippen LogP contribution is 2.36. The molecule has 1 aromatic rings. The van der Waals surface area contributed by atoms with Crippen LogP contribution in [0.25, 0.3) is 0 Å². The zero-order valence-electron chi connectivity index (χ0n) is 10.4. The molecule has 1 aromatic carbocycles. The molecule has 0 bridgehead atoms. The third kappa shape index (κ3) is 3.05. The van der Waals surface area contributed by atoms with Gasteiger partial charge in [-0.05, 0) is 31.4 Å². The van der Waals surface area contributed by atoms with Crippen LogP contribution < -0.4 is 15.2 Å². The number of aryl methyl sites for hydroxylation is 1. The smallest absolute Gasteiger partial charge is 0.184 e. The van der Waals surface area contributed by atoms with Gasteiger partial charge < -0.3 is 15.2 Å². The van der Waals surface area contributed by atoms with Crippen molar-refractivity contribution >= 4 is 5.69 Å². The molecule has 3 heteroatoms. The van der Waals surface area contributed by atoms with Crippen LogP contribution in [0.4, 0.5) is 5.69 Å². The average molecular weight is 223 g/mol. The fourth-order valence-electron chi connectivity index (χ4n) is 1.41. The monoisotopic (exact) mass is 223 g/mol. The number of ether oxygens (including phenoxy) is 2. The number of rotatable bonds is 6. The summed E-state index contributed by atoms with van der Waals surface area (Å²) in [5.41, 5.74) is 7.61. The number of hydrogen-bond donors (Lipinski definition) is 1. The molecular weight excluding hydrogens is 202 g/mol. The van der Waals surface area contributed by atoms with E-state index in [4.69, 9.17) is 15.2 Å². The number of hydrogen-bond acceptors (Lipinski definition) is 3. The van der Waals surface area contributed by atoms with E-state index in [0.717, 1.165) is 24.2 Å². The van der Waals surface area contributed by atoms with Crippen molar-refractivity contribution in [1.29, 1.82) is 0 Å². The Kier molecular flexibility index (Phi) is 4.96. The lowest BCUT2D eigenvalue weighted by molar-refractivity contribution is 0.268. The Morgan fingerprint density at radius 2 is 1.56 bits per heavy atom. The van der Waals surface area contributed by atoms with Crippen LogP contribution in [0.1, 0.15) is 32.3 Å². The van der Waals surface area contributed by atoms with Crippen LogP contribution in [-0.4, -0.2) is 13.2 Å². The minimum Gasteiger partial charge on any atom is -0.489 e. The van der Waals surface area contributed by atoms with E-state index in [0.29, 0.717) is 24.7 Å². The van der Waals surface area contributed by atoms with Gasteiger partial charge in [0.2, 0.25) is 0 Å². The van der Waals surface area contributed by atoms with Crippen molar-refractivity contribution in [1.82, 2.24) is 0 Å². The van der Waals surface area contributed by atoms with Gasteiger partial charge in [0, 0.05) is 0 Å². The van der Waals surface area contributed by atoms with Crippen LogP contribution in [-0.2, 0) is 0 Å². The lowest BCUT2D eigenvalue weighted by Crippen LogP contribution is -2.05. The first-order valence-corrected chi connectivity index (χ1v) is 5.85. The molecule has 0 saturated carbocycles. The summed E-state index contributed by atoms with van der Waals surface area (Å²) in [6, 6.07) is 3.82. The Hall–Kier alpha value is -1.38. The number of nitrogen functional groups attached to an aromatic ring is 1. The summed E-state index contributed by atoms with van der Waals surface area (Å²) in [6.07, 6.45) is 1.93. The van der Waals surface area contributed by atoms with Crippen LogP contribution in [0.5, 0.6) is 11.5 Å². The molecular formula is C13H21NO2. The highest BCUT2D eigenvalue weighted by molar-refractivity contribution is 5.63. The van der Waals surface area contributed by atoms with Crippen LogP contribution in [0.2, 0.25) is 0 Å². The molecule has 2 N–H and O–H groups in total. The van der Waals surface area contributed by atoms with Gasteiger partial charge in [-0.25, -0.2) is 0 Å². The van der Waals surface area contributed by atoms with E-state index >= 15 is 0 Å². The molecule has 16 heavy (non-hydrogen) atoms. The van der Waals surface area contributed by atoms with E-state index < -0.39 is 0 Å². The summed E-state index contributed by atoms with van der Waals surface area (Å²) in [6.45, 7) is 7.50. The maximum absolute atomic E-state index is 5.90. The molecule has 0 unspecified atom stereocenters. The molecule has 0 spiro atoms. The third-order valence-corrected chi connectivity index (χ3v) is 2.24. The Morgan fingerprint density at radius 3 is 2.12 bits per heavy atom. The second kappa shape index (κ2) is 6.26. The van der Waals surface area contributed by atoms with E-state index in [2.05, 4.69) is 13.8 Å². The van der Waals surface area contributed by atoms with E-state index in [1.54, 1.807) is 0 Å². The zero-order valence-corrected chi connectivity index (χ0v) is 10.4. The van der Waals surface area contributed by atoms with Crippen LogP contribution >= 0.6 is 0 Å². The van der Waals surface area contributed by atoms with Crippen LogP contribution in [0.3, 0.4) is 0 Å². The van der Waals surface area contributed by atoms with Gasteiger partial charge in [0.25, 0.3) is 0 Å². The lowest BCUT2D eigenvalue weighted by atomic mass is 10.2.